The molecule has 0 saturated heterocycles. The predicted octanol–water partition coefficient (Wildman–Crippen LogP) is 3.84. The van der Waals surface area contributed by atoms with Gasteiger partial charge < -0.3 is 9.84 Å². The van der Waals surface area contributed by atoms with Crippen LogP contribution < -0.4 is 0 Å². The number of carboxylic acids is 1. The average molecular weight is 353 g/mol. The number of fused-ring (bicyclic) bond motifs is 1. The Labute approximate surface area is 153 Å². The number of allylic oxidation sites excluding steroid dienone is 2. The zero-order valence-electron chi connectivity index (χ0n) is 15.2. The largest absolute Gasteiger partial charge is 0.481 e. The van der Waals surface area contributed by atoms with Crippen molar-refractivity contribution in [2.75, 3.05) is 0 Å². The fourth-order valence-electron chi connectivity index (χ4n) is 4.38. The molecule has 5 heteroatoms. The molecule has 1 aliphatic heterocycles. The molecular formula is C21H23NO4. The number of nitriles is 1. The molecule has 0 amide bonds. The highest BCUT2D eigenvalue weighted by Gasteiger charge is 2.31. The first kappa shape index (κ1) is 18.2. The molecule has 1 N–H and O–H groups in total. The van der Waals surface area contributed by atoms with Gasteiger partial charge in [-0.1, -0.05) is 18.6 Å². The first-order chi connectivity index (χ1) is 12.5. The Kier molecular flexibility index (Phi) is 5.13. The minimum atomic E-state index is -0.772. The number of ether oxygens (including phenoxy) is 1. The van der Waals surface area contributed by atoms with Crippen molar-refractivity contribution >= 4 is 11.9 Å². The normalized spacial score (nSPS) is 20.1. The van der Waals surface area contributed by atoms with Crippen LogP contribution in [0.5, 0.6) is 0 Å². The summed E-state index contributed by atoms with van der Waals surface area (Å²) in [6, 6.07) is 2.22. The van der Waals surface area contributed by atoms with E-state index < -0.39 is 11.9 Å². The SMILES string of the molecule is CCc1c(C)c2c(c(C#N)c1CC=C1CCCC1CC(=O)O)C(=O)OC2. The summed E-state index contributed by atoms with van der Waals surface area (Å²) in [6.45, 7) is 4.27. The maximum Gasteiger partial charge on any atom is 0.340 e. The minimum absolute atomic E-state index is 0.0867. The van der Waals surface area contributed by atoms with Gasteiger partial charge in [0.15, 0.2) is 0 Å². The summed E-state index contributed by atoms with van der Waals surface area (Å²) in [5.74, 6) is -1.10. The van der Waals surface area contributed by atoms with Gasteiger partial charge in [0.25, 0.3) is 0 Å². The molecule has 5 nitrogen and oxygen atoms in total. The number of hydrogen-bond donors (Lipinski definition) is 1. The van der Waals surface area contributed by atoms with Crippen molar-refractivity contribution in [1.29, 1.82) is 5.26 Å². The van der Waals surface area contributed by atoms with Crippen molar-refractivity contribution in [1.82, 2.24) is 0 Å². The molecule has 3 rings (SSSR count). The van der Waals surface area contributed by atoms with Gasteiger partial charge in [-0.05, 0) is 61.6 Å². The number of carbonyl (C=O) groups excluding carboxylic acids is 1. The molecule has 0 bridgehead atoms. The molecule has 1 aliphatic carbocycles. The lowest BCUT2D eigenvalue weighted by Crippen LogP contribution is -2.09. The number of esters is 1. The van der Waals surface area contributed by atoms with Crippen molar-refractivity contribution in [3.63, 3.8) is 0 Å². The summed E-state index contributed by atoms with van der Waals surface area (Å²) in [5.41, 5.74) is 5.87. The first-order valence-corrected chi connectivity index (χ1v) is 9.13. The standard InChI is InChI=1S/C21H23NO4/c1-3-15-12(2)18-11-26-21(25)20(18)17(10-22)16(15)8-7-13-5-4-6-14(13)9-19(23)24/h7,14H,3-6,8-9,11H2,1-2H3,(H,23,24). The van der Waals surface area contributed by atoms with Gasteiger partial charge in [-0.2, -0.15) is 5.26 Å². The predicted molar refractivity (Wildman–Crippen MR) is 95.8 cm³/mol. The molecule has 136 valence electrons. The molecule has 1 saturated carbocycles. The molecule has 0 spiro atoms. The smallest absolute Gasteiger partial charge is 0.340 e. The molecule has 1 aromatic rings. The van der Waals surface area contributed by atoms with E-state index in [1.54, 1.807) is 0 Å². The van der Waals surface area contributed by atoms with Gasteiger partial charge in [0, 0.05) is 5.56 Å². The molecule has 1 unspecified atom stereocenters. The van der Waals surface area contributed by atoms with E-state index in [0.717, 1.165) is 47.9 Å². The minimum Gasteiger partial charge on any atom is -0.481 e. The highest BCUT2D eigenvalue weighted by Crippen LogP contribution is 2.36. The third kappa shape index (κ3) is 3.12. The number of carbonyl (C=O) groups is 2. The number of hydrogen-bond acceptors (Lipinski definition) is 4. The Hall–Kier alpha value is -2.61. The Bertz CT molecular complexity index is 845. The molecule has 26 heavy (non-hydrogen) atoms. The zero-order valence-corrected chi connectivity index (χ0v) is 15.2. The molecule has 2 aliphatic rings. The van der Waals surface area contributed by atoms with Crippen molar-refractivity contribution in [3.8, 4) is 6.07 Å². The van der Waals surface area contributed by atoms with E-state index in [9.17, 15) is 14.9 Å². The number of rotatable bonds is 5. The van der Waals surface area contributed by atoms with Crippen molar-refractivity contribution in [2.24, 2.45) is 5.92 Å². The lowest BCUT2D eigenvalue weighted by Gasteiger charge is -2.16. The highest BCUT2D eigenvalue weighted by molar-refractivity contribution is 5.97. The van der Waals surface area contributed by atoms with Crippen LogP contribution in [0.4, 0.5) is 0 Å². The second-order valence-electron chi connectivity index (χ2n) is 7.02. The fraction of sp³-hybridized carbons (Fsp3) is 0.476. The van der Waals surface area contributed by atoms with Gasteiger partial charge in [-0.3, -0.25) is 4.79 Å². The van der Waals surface area contributed by atoms with Gasteiger partial charge in [0.05, 0.1) is 17.5 Å². The second-order valence-corrected chi connectivity index (χ2v) is 7.02. The molecule has 0 radical (unpaired) electrons. The fourth-order valence-corrected chi connectivity index (χ4v) is 4.38. The van der Waals surface area contributed by atoms with Crippen LogP contribution in [0, 0.1) is 24.2 Å². The number of carboxylic acid groups (broad SMARTS) is 1. The van der Waals surface area contributed by atoms with E-state index in [2.05, 4.69) is 12.1 Å². The van der Waals surface area contributed by atoms with Crippen LogP contribution in [0.3, 0.4) is 0 Å². The lowest BCUT2D eigenvalue weighted by molar-refractivity contribution is -0.137. The molecule has 1 fully saturated rings. The van der Waals surface area contributed by atoms with E-state index in [4.69, 9.17) is 9.84 Å². The van der Waals surface area contributed by atoms with Crippen LogP contribution in [-0.4, -0.2) is 17.0 Å². The van der Waals surface area contributed by atoms with E-state index in [0.29, 0.717) is 17.5 Å². The number of cyclic esters (lactones) is 1. The monoisotopic (exact) mass is 353 g/mol. The molecule has 1 heterocycles. The molecular weight excluding hydrogens is 330 g/mol. The van der Waals surface area contributed by atoms with Crippen LogP contribution >= 0.6 is 0 Å². The summed E-state index contributed by atoms with van der Waals surface area (Å²) in [4.78, 5) is 23.2. The quantitative estimate of drug-likeness (QED) is 0.642. The average Bonchev–Trinajstić information content (AvgIpc) is 3.20. The van der Waals surface area contributed by atoms with Crippen LogP contribution in [0.1, 0.15) is 70.8 Å². The summed E-state index contributed by atoms with van der Waals surface area (Å²) in [6.07, 6.45) is 6.39. The van der Waals surface area contributed by atoms with Crippen LogP contribution in [-0.2, 0) is 29.0 Å². The number of aliphatic carboxylic acids is 1. The van der Waals surface area contributed by atoms with E-state index in [-0.39, 0.29) is 18.9 Å². The maximum absolute atomic E-state index is 12.1. The van der Waals surface area contributed by atoms with Gasteiger partial charge >= 0.3 is 11.9 Å². The second kappa shape index (κ2) is 7.33. The number of nitrogens with zero attached hydrogens (tertiary/aromatic N) is 1. The van der Waals surface area contributed by atoms with Gasteiger partial charge in [0.1, 0.15) is 12.7 Å². The highest BCUT2D eigenvalue weighted by atomic mass is 16.5. The summed E-state index contributed by atoms with van der Waals surface area (Å²) in [5, 5.41) is 18.8. The van der Waals surface area contributed by atoms with Gasteiger partial charge in [-0.25, -0.2) is 4.79 Å². The van der Waals surface area contributed by atoms with Gasteiger partial charge in [0.2, 0.25) is 0 Å². The van der Waals surface area contributed by atoms with Crippen molar-refractivity contribution in [3.05, 3.63) is 45.0 Å². The molecule has 1 atom stereocenters. The topological polar surface area (TPSA) is 87.4 Å². The third-order valence-corrected chi connectivity index (χ3v) is 5.67. The summed E-state index contributed by atoms with van der Waals surface area (Å²) >= 11 is 0. The van der Waals surface area contributed by atoms with Crippen molar-refractivity contribution < 1.29 is 19.4 Å². The molecule has 0 aromatic heterocycles. The summed E-state index contributed by atoms with van der Waals surface area (Å²) < 4.78 is 5.17. The van der Waals surface area contributed by atoms with Crippen LogP contribution in [0.15, 0.2) is 11.6 Å². The van der Waals surface area contributed by atoms with Crippen LogP contribution in [0.25, 0.3) is 0 Å². The zero-order chi connectivity index (χ0) is 18.8. The Morgan fingerprint density at radius 3 is 2.85 bits per heavy atom. The number of benzene rings is 1. The lowest BCUT2D eigenvalue weighted by atomic mass is 9.85. The Morgan fingerprint density at radius 1 is 1.42 bits per heavy atom. The Balaban J connectivity index is 2.03. The third-order valence-electron chi connectivity index (χ3n) is 5.67. The summed E-state index contributed by atoms with van der Waals surface area (Å²) in [7, 11) is 0. The molecule has 1 aromatic carbocycles. The maximum atomic E-state index is 12.1. The van der Waals surface area contributed by atoms with E-state index in [1.807, 2.05) is 13.8 Å². The Morgan fingerprint density at radius 2 is 2.19 bits per heavy atom. The van der Waals surface area contributed by atoms with Crippen molar-refractivity contribution in [2.45, 2.75) is 59.0 Å². The van der Waals surface area contributed by atoms with E-state index in [1.165, 1.54) is 5.57 Å². The first-order valence-electron chi connectivity index (χ1n) is 9.13. The van der Waals surface area contributed by atoms with E-state index >= 15 is 0 Å². The van der Waals surface area contributed by atoms with Gasteiger partial charge in [-0.15, -0.1) is 0 Å². The van der Waals surface area contributed by atoms with Crippen LogP contribution in [0.2, 0.25) is 0 Å².